The molecule has 0 fully saturated rings. The zero-order chi connectivity index (χ0) is 18.5. The van der Waals surface area contributed by atoms with Crippen molar-refractivity contribution < 1.29 is 9.59 Å². The van der Waals surface area contributed by atoms with Gasteiger partial charge in [-0.15, -0.1) is 0 Å². The third-order valence-corrected chi connectivity index (χ3v) is 3.89. The van der Waals surface area contributed by atoms with Gasteiger partial charge in [0.05, 0.1) is 11.9 Å². The van der Waals surface area contributed by atoms with Gasteiger partial charge in [0.25, 0.3) is 5.91 Å². The van der Waals surface area contributed by atoms with Crippen molar-refractivity contribution in [2.75, 3.05) is 10.6 Å². The van der Waals surface area contributed by atoms with Gasteiger partial charge in [0.15, 0.2) is 5.78 Å². The largest absolute Gasteiger partial charge is 0.354 e. The number of carbonyl (C=O) groups excluding carboxylic acids is 2. The van der Waals surface area contributed by atoms with Crippen LogP contribution in [0.25, 0.3) is 0 Å². The summed E-state index contributed by atoms with van der Waals surface area (Å²) in [5.74, 6) is -0.345. The van der Waals surface area contributed by atoms with Gasteiger partial charge in [-0.25, -0.2) is 4.98 Å². The van der Waals surface area contributed by atoms with Crippen LogP contribution in [0.5, 0.6) is 0 Å². The van der Waals surface area contributed by atoms with Crippen molar-refractivity contribution in [1.29, 1.82) is 0 Å². The smallest absolute Gasteiger partial charge is 0.274 e. The SMILES string of the molecule is CC(=O)c1ccc(NC(=O)c2ccc(Nc3cccc(Cl)c3)cn2)cc1. The van der Waals surface area contributed by atoms with Gasteiger partial charge in [-0.05, 0) is 61.5 Å². The van der Waals surface area contributed by atoms with Crippen LogP contribution in [0.15, 0.2) is 66.9 Å². The molecule has 0 atom stereocenters. The molecular formula is C20H16ClN3O2. The first-order valence-electron chi connectivity index (χ1n) is 7.92. The number of ketones is 1. The highest BCUT2D eigenvalue weighted by molar-refractivity contribution is 6.30. The molecule has 130 valence electrons. The van der Waals surface area contributed by atoms with Crippen LogP contribution in [-0.4, -0.2) is 16.7 Å². The van der Waals surface area contributed by atoms with E-state index in [-0.39, 0.29) is 17.4 Å². The number of nitrogens with one attached hydrogen (secondary N) is 2. The molecule has 0 aliphatic carbocycles. The molecule has 1 heterocycles. The lowest BCUT2D eigenvalue weighted by molar-refractivity contribution is 0.101. The first kappa shape index (κ1) is 17.6. The highest BCUT2D eigenvalue weighted by Gasteiger charge is 2.08. The number of halogens is 1. The molecule has 5 nitrogen and oxygen atoms in total. The minimum absolute atomic E-state index is 0.0210. The number of Topliss-reactive ketones (excluding diaryl/α,β-unsaturated/α-hetero) is 1. The summed E-state index contributed by atoms with van der Waals surface area (Å²) in [4.78, 5) is 27.7. The molecule has 2 N–H and O–H groups in total. The fraction of sp³-hybridized carbons (Fsp3) is 0.0500. The molecule has 3 aromatic rings. The van der Waals surface area contributed by atoms with Crippen LogP contribution >= 0.6 is 11.6 Å². The second-order valence-corrected chi connectivity index (χ2v) is 6.09. The van der Waals surface area contributed by atoms with E-state index < -0.39 is 0 Å². The maximum absolute atomic E-state index is 12.3. The Bertz CT molecular complexity index is 938. The Hall–Kier alpha value is -3.18. The van der Waals surface area contributed by atoms with Crippen molar-refractivity contribution in [3.8, 4) is 0 Å². The lowest BCUT2D eigenvalue weighted by Crippen LogP contribution is -2.13. The Labute approximate surface area is 156 Å². The molecule has 1 aromatic heterocycles. The molecule has 0 spiro atoms. The van der Waals surface area contributed by atoms with Crippen LogP contribution < -0.4 is 10.6 Å². The van der Waals surface area contributed by atoms with Crippen molar-refractivity contribution in [2.45, 2.75) is 6.92 Å². The normalized spacial score (nSPS) is 10.2. The molecule has 0 aliphatic heterocycles. The van der Waals surface area contributed by atoms with E-state index in [2.05, 4.69) is 15.6 Å². The summed E-state index contributed by atoms with van der Waals surface area (Å²) in [5, 5.41) is 6.55. The van der Waals surface area contributed by atoms with E-state index in [1.807, 2.05) is 12.1 Å². The van der Waals surface area contributed by atoms with Gasteiger partial charge in [0, 0.05) is 22.0 Å². The Kier molecular flexibility index (Phi) is 5.29. The van der Waals surface area contributed by atoms with Gasteiger partial charge in [-0.3, -0.25) is 9.59 Å². The predicted molar refractivity (Wildman–Crippen MR) is 103 cm³/mol. The standard InChI is InChI=1S/C20H16ClN3O2/c1-13(25)14-5-7-16(8-6-14)24-20(26)19-10-9-18(12-22-19)23-17-4-2-3-15(21)11-17/h2-12,23H,1H3,(H,24,26). The van der Waals surface area contributed by atoms with Crippen LogP contribution in [0.1, 0.15) is 27.8 Å². The summed E-state index contributed by atoms with van der Waals surface area (Å²) >= 11 is 5.95. The average Bonchev–Trinajstić information content (AvgIpc) is 2.63. The molecule has 6 heteroatoms. The van der Waals surface area contributed by atoms with Crippen molar-refractivity contribution in [1.82, 2.24) is 4.98 Å². The second-order valence-electron chi connectivity index (χ2n) is 5.66. The Morgan fingerprint density at radius 1 is 0.923 bits per heavy atom. The van der Waals surface area contributed by atoms with Gasteiger partial charge in [0.2, 0.25) is 0 Å². The third kappa shape index (κ3) is 4.46. The zero-order valence-electron chi connectivity index (χ0n) is 14.0. The maximum atomic E-state index is 12.3. The molecule has 26 heavy (non-hydrogen) atoms. The Morgan fingerprint density at radius 2 is 1.65 bits per heavy atom. The minimum atomic E-state index is -0.324. The van der Waals surface area contributed by atoms with Crippen molar-refractivity contribution in [3.05, 3.63) is 83.1 Å². The lowest BCUT2D eigenvalue weighted by atomic mass is 10.1. The first-order valence-corrected chi connectivity index (χ1v) is 8.30. The van der Waals surface area contributed by atoms with Crippen LogP contribution in [0.4, 0.5) is 17.1 Å². The first-order chi connectivity index (χ1) is 12.5. The van der Waals surface area contributed by atoms with E-state index in [0.717, 1.165) is 11.4 Å². The third-order valence-electron chi connectivity index (χ3n) is 3.66. The van der Waals surface area contributed by atoms with Crippen LogP contribution in [0, 0.1) is 0 Å². The number of nitrogens with zero attached hydrogens (tertiary/aromatic N) is 1. The van der Waals surface area contributed by atoms with Crippen molar-refractivity contribution in [2.24, 2.45) is 0 Å². The molecule has 1 amide bonds. The van der Waals surface area contributed by atoms with Crippen LogP contribution in [-0.2, 0) is 0 Å². The average molecular weight is 366 g/mol. The monoisotopic (exact) mass is 365 g/mol. The molecule has 0 radical (unpaired) electrons. The summed E-state index contributed by atoms with van der Waals surface area (Å²) < 4.78 is 0. The van der Waals surface area contributed by atoms with Crippen LogP contribution in [0.2, 0.25) is 5.02 Å². The summed E-state index contributed by atoms with van der Waals surface area (Å²) in [5.41, 5.74) is 3.06. The van der Waals surface area contributed by atoms with E-state index in [0.29, 0.717) is 16.3 Å². The second kappa shape index (κ2) is 7.80. The quantitative estimate of drug-likeness (QED) is 0.628. The number of benzene rings is 2. The summed E-state index contributed by atoms with van der Waals surface area (Å²) in [6.45, 7) is 1.50. The number of pyridine rings is 1. The molecular weight excluding hydrogens is 350 g/mol. The molecule has 2 aromatic carbocycles. The highest BCUT2D eigenvalue weighted by Crippen LogP contribution is 2.20. The number of rotatable bonds is 5. The predicted octanol–water partition coefficient (Wildman–Crippen LogP) is 4.93. The molecule has 0 saturated carbocycles. The van der Waals surface area contributed by atoms with Crippen LogP contribution in [0.3, 0.4) is 0 Å². The molecule has 0 aliphatic rings. The van der Waals surface area contributed by atoms with Gasteiger partial charge < -0.3 is 10.6 Å². The number of aromatic nitrogens is 1. The zero-order valence-corrected chi connectivity index (χ0v) is 14.7. The molecule has 0 saturated heterocycles. The maximum Gasteiger partial charge on any atom is 0.274 e. The Morgan fingerprint density at radius 3 is 2.27 bits per heavy atom. The van der Waals surface area contributed by atoms with E-state index >= 15 is 0 Å². The minimum Gasteiger partial charge on any atom is -0.354 e. The number of carbonyl (C=O) groups is 2. The molecule has 0 bridgehead atoms. The van der Waals surface area contributed by atoms with E-state index in [4.69, 9.17) is 11.6 Å². The van der Waals surface area contributed by atoms with Gasteiger partial charge in [-0.1, -0.05) is 17.7 Å². The van der Waals surface area contributed by atoms with E-state index in [1.165, 1.54) is 6.92 Å². The van der Waals surface area contributed by atoms with Crippen molar-refractivity contribution >= 4 is 40.4 Å². The van der Waals surface area contributed by atoms with E-state index in [9.17, 15) is 9.59 Å². The van der Waals surface area contributed by atoms with E-state index in [1.54, 1.807) is 54.7 Å². The number of amides is 1. The van der Waals surface area contributed by atoms with Gasteiger partial charge in [0.1, 0.15) is 5.69 Å². The van der Waals surface area contributed by atoms with Gasteiger partial charge in [-0.2, -0.15) is 0 Å². The summed E-state index contributed by atoms with van der Waals surface area (Å²) in [6.07, 6.45) is 1.58. The number of hydrogen-bond acceptors (Lipinski definition) is 4. The van der Waals surface area contributed by atoms with Crippen molar-refractivity contribution in [3.63, 3.8) is 0 Å². The topological polar surface area (TPSA) is 71.1 Å². The highest BCUT2D eigenvalue weighted by atomic mass is 35.5. The van der Waals surface area contributed by atoms with Gasteiger partial charge >= 0.3 is 0 Å². The lowest BCUT2D eigenvalue weighted by Gasteiger charge is -2.08. The summed E-state index contributed by atoms with van der Waals surface area (Å²) in [6, 6.07) is 17.4. The fourth-order valence-corrected chi connectivity index (χ4v) is 2.51. The number of hydrogen-bond donors (Lipinski definition) is 2. The Balaban J connectivity index is 1.65. The summed E-state index contributed by atoms with van der Waals surface area (Å²) in [7, 11) is 0. The number of anilines is 3. The fourth-order valence-electron chi connectivity index (χ4n) is 2.32. The molecule has 0 unspecified atom stereocenters. The molecule has 3 rings (SSSR count).